The number of Topliss-reactive ketones (excluding diaryl/α,β-unsaturated/α-hetero) is 2. The minimum absolute atomic E-state index is 0.0316. The van der Waals surface area contributed by atoms with Crippen molar-refractivity contribution in [2.24, 2.45) is 5.41 Å². The third-order valence-corrected chi connectivity index (χ3v) is 15.4. The Labute approximate surface area is 370 Å². The van der Waals surface area contributed by atoms with Crippen molar-refractivity contribution in [3.05, 3.63) is 88.4 Å². The highest BCUT2D eigenvalue weighted by atomic mass is 19.1. The van der Waals surface area contributed by atoms with E-state index in [1.807, 2.05) is 24.5 Å². The summed E-state index contributed by atoms with van der Waals surface area (Å²) in [7, 11) is 0. The Hall–Kier alpha value is -5.01. The van der Waals surface area contributed by atoms with Crippen LogP contribution in [0, 0.1) is 5.41 Å². The molecule has 0 bridgehead atoms. The molecule has 7 aliphatic rings. The molecule has 4 fully saturated rings. The molecule has 0 N–H and O–H groups in total. The summed E-state index contributed by atoms with van der Waals surface area (Å²) in [6.45, 7) is 13.9. The number of piperazine rings is 1. The molecule has 3 saturated heterocycles. The molecule has 3 aromatic rings. The molecule has 10 rings (SSSR count). The lowest BCUT2D eigenvalue weighted by Crippen LogP contribution is -2.52. The van der Waals surface area contributed by atoms with Gasteiger partial charge >= 0.3 is 0 Å². The van der Waals surface area contributed by atoms with Crippen molar-refractivity contribution in [2.75, 3.05) is 75.2 Å². The average Bonchev–Trinajstić information content (AvgIpc) is 3.80. The maximum Gasteiger partial charge on any atom is 0.255 e. The number of ketones is 2. The van der Waals surface area contributed by atoms with Crippen molar-refractivity contribution in [3.63, 3.8) is 0 Å². The van der Waals surface area contributed by atoms with E-state index in [9.17, 15) is 19.2 Å². The molecule has 2 amide bonds. The van der Waals surface area contributed by atoms with Crippen LogP contribution in [-0.2, 0) is 27.3 Å². The number of fused-ring (bicyclic) bond motifs is 3. The Morgan fingerprint density at radius 3 is 2.33 bits per heavy atom. The third kappa shape index (κ3) is 8.20. The lowest BCUT2D eigenvalue weighted by Gasteiger charge is -2.47. The van der Waals surface area contributed by atoms with Gasteiger partial charge in [-0.05, 0) is 111 Å². The number of aromatic nitrogens is 2. The van der Waals surface area contributed by atoms with Crippen LogP contribution in [0.2, 0.25) is 0 Å². The first-order valence-corrected chi connectivity index (χ1v) is 23.4. The summed E-state index contributed by atoms with van der Waals surface area (Å²) < 4.78 is 15.3. The number of benzene rings is 2. The van der Waals surface area contributed by atoms with Crippen LogP contribution >= 0.6 is 0 Å². The third-order valence-electron chi connectivity index (χ3n) is 15.4. The first-order valence-electron chi connectivity index (χ1n) is 23.4. The highest BCUT2D eigenvalue weighted by Gasteiger charge is 2.44. The highest BCUT2D eigenvalue weighted by molar-refractivity contribution is 6.07. The van der Waals surface area contributed by atoms with Gasteiger partial charge in [0.1, 0.15) is 17.3 Å². The molecule has 1 unspecified atom stereocenters. The second kappa shape index (κ2) is 16.5. The van der Waals surface area contributed by atoms with E-state index in [0.29, 0.717) is 37.9 Å². The summed E-state index contributed by atoms with van der Waals surface area (Å²) in [6.07, 6.45) is 9.85. The molecule has 0 radical (unpaired) electrons. The molecule has 13 heteroatoms. The maximum absolute atomic E-state index is 15.3. The van der Waals surface area contributed by atoms with Gasteiger partial charge < -0.3 is 19.6 Å². The van der Waals surface area contributed by atoms with Crippen molar-refractivity contribution in [1.29, 1.82) is 0 Å². The first-order chi connectivity index (χ1) is 30.3. The molecule has 332 valence electrons. The smallest absolute Gasteiger partial charge is 0.255 e. The molecule has 1 aromatic heterocycles. The van der Waals surface area contributed by atoms with Crippen LogP contribution in [0.15, 0.2) is 60.4 Å². The van der Waals surface area contributed by atoms with Crippen molar-refractivity contribution >= 4 is 40.5 Å². The first kappa shape index (κ1) is 42.0. The van der Waals surface area contributed by atoms with Gasteiger partial charge in [-0.15, -0.1) is 0 Å². The van der Waals surface area contributed by atoms with Gasteiger partial charge in [-0.25, -0.2) is 9.37 Å². The number of alkyl halides is 1. The average molecular weight is 857 g/mol. The van der Waals surface area contributed by atoms with Crippen LogP contribution in [0.5, 0.6) is 0 Å². The molecular formula is C50H61FN8O4. The molecule has 2 aliphatic carbocycles. The molecule has 63 heavy (non-hydrogen) atoms. The predicted molar refractivity (Wildman–Crippen MR) is 240 cm³/mol. The van der Waals surface area contributed by atoms with Crippen LogP contribution < -0.4 is 9.80 Å². The molecule has 1 spiro atoms. The topological polar surface area (TPSA) is 114 Å². The zero-order chi connectivity index (χ0) is 43.6. The summed E-state index contributed by atoms with van der Waals surface area (Å²) in [5, 5.41) is 0. The minimum Gasteiger partial charge on any atom is -0.369 e. The number of rotatable bonds is 9. The van der Waals surface area contributed by atoms with E-state index in [-0.39, 0.29) is 47.3 Å². The molecule has 1 saturated carbocycles. The van der Waals surface area contributed by atoms with E-state index in [4.69, 9.17) is 9.97 Å². The van der Waals surface area contributed by atoms with Crippen molar-refractivity contribution in [1.82, 2.24) is 29.6 Å². The SMILES string of the molecule is C[C@@H]1CC2=C(Cc3ccccc32)[C@@H](c2cnc(N3CCC4(CCN(CCN5CCN(c6ccc7c(c6)CN(C6CCC(=O)CC6=O)C7=O)CC5)C(=O)C4)CC3)cn2)N1CC(C)(C)F. The van der Waals surface area contributed by atoms with Crippen LogP contribution in [0.25, 0.3) is 5.57 Å². The number of nitrogens with zero attached hydrogens (tertiary/aromatic N) is 8. The van der Waals surface area contributed by atoms with E-state index in [0.717, 1.165) is 114 Å². The Morgan fingerprint density at radius 1 is 0.825 bits per heavy atom. The lowest BCUT2D eigenvalue weighted by atomic mass is 9.71. The number of halogens is 1. The fourth-order valence-electron chi connectivity index (χ4n) is 11.8. The summed E-state index contributed by atoms with van der Waals surface area (Å²) in [6, 6.07) is 14.2. The Kier molecular flexibility index (Phi) is 11.0. The number of amides is 2. The second-order valence-electron chi connectivity index (χ2n) is 20.1. The number of carbonyl (C=O) groups excluding carboxylic acids is 4. The van der Waals surface area contributed by atoms with E-state index < -0.39 is 11.7 Å². The Balaban J connectivity index is 0.700. The van der Waals surface area contributed by atoms with Gasteiger partial charge in [0.2, 0.25) is 5.91 Å². The van der Waals surface area contributed by atoms with Gasteiger partial charge in [-0.1, -0.05) is 24.3 Å². The normalized spacial score (nSPS) is 25.6. The van der Waals surface area contributed by atoms with Gasteiger partial charge in [0.15, 0.2) is 5.78 Å². The molecule has 2 aromatic carbocycles. The molecule has 3 atom stereocenters. The largest absolute Gasteiger partial charge is 0.369 e. The van der Waals surface area contributed by atoms with Crippen LogP contribution in [0.3, 0.4) is 0 Å². The summed E-state index contributed by atoms with van der Waals surface area (Å²) >= 11 is 0. The number of hydrogen-bond acceptors (Lipinski definition) is 10. The fourth-order valence-corrected chi connectivity index (χ4v) is 11.8. The Morgan fingerprint density at radius 2 is 1.60 bits per heavy atom. The van der Waals surface area contributed by atoms with Gasteiger partial charge in [-0.3, -0.25) is 34.0 Å². The van der Waals surface area contributed by atoms with E-state index in [2.05, 4.69) is 61.8 Å². The summed E-state index contributed by atoms with van der Waals surface area (Å²) in [5.74, 6) is 0.848. The van der Waals surface area contributed by atoms with Gasteiger partial charge in [0.05, 0.1) is 36.6 Å². The summed E-state index contributed by atoms with van der Waals surface area (Å²) in [4.78, 5) is 74.4. The van der Waals surface area contributed by atoms with E-state index >= 15 is 4.39 Å². The second-order valence-corrected chi connectivity index (χ2v) is 20.1. The van der Waals surface area contributed by atoms with Crippen LogP contribution in [-0.4, -0.2) is 136 Å². The predicted octanol–water partition coefficient (Wildman–Crippen LogP) is 6.05. The molecular weight excluding hydrogens is 796 g/mol. The van der Waals surface area contributed by atoms with Crippen LogP contribution in [0.1, 0.15) is 111 Å². The zero-order valence-electron chi connectivity index (χ0n) is 37.2. The number of likely N-dealkylation sites (tertiary alicyclic amines) is 1. The monoisotopic (exact) mass is 856 g/mol. The van der Waals surface area contributed by atoms with Crippen molar-refractivity contribution in [2.45, 2.75) is 109 Å². The zero-order valence-corrected chi connectivity index (χ0v) is 37.2. The van der Waals surface area contributed by atoms with Crippen LogP contribution in [0.4, 0.5) is 15.9 Å². The van der Waals surface area contributed by atoms with Gasteiger partial charge in [0.25, 0.3) is 5.91 Å². The van der Waals surface area contributed by atoms with E-state index in [1.165, 1.54) is 22.3 Å². The lowest BCUT2D eigenvalue weighted by molar-refractivity contribution is -0.139. The number of piperidine rings is 2. The fraction of sp³-hybridized carbons (Fsp3) is 0.560. The van der Waals surface area contributed by atoms with E-state index in [1.54, 1.807) is 18.7 Å². The quantitative estimate of drug-likeness (QED) is 0.236. The van der Waals surface area contributed by atoms with Crippen molar-refractivity contribution in [3.8, 4) is 0 Å². The number of hydrogen-bond donors (Lipinski definition) is 0. The Bertz CT molecular complexity index is 2330. The molecule has 6 heterocycles. The van der Waals surface area contributed by atoms with Gasteiger partial charge in [-0.2, -0.15) is 0 Å². The highest BCUT2D eigenvalue weighted by Crippen LogP contribution is 2.49. The number of carbonyl (C=O) groups is 4. The summed E-state index contributed by atoms with van der Waals surface area (Å²) in [5.41, 5.74) is 7.65. The standard InChI is InChI=1S/C50H61FN8O4/c1-33-24-40-38-7-5-4-6-34(38)26-41(40)47(59(33)32-49(2,3)51)42-29-53-45(30-52-42)56-15-12-50(13-16-56)14-17-57(46(62)28-50)23-20-54-18-21-55(22-19-54)36-8-10-39-35(25-36)31-58(48(39)63)43-11-9-37(60)27-44(43)61/h4-8,10,25,29-30,33,43,47H,9,11-24,26-28,31-32H2,1-3H3/t33-,43?,47+/m1/s1. The minimum atomic E-state index is -1.34. The number of anilines is 2. The van der Waals surface area contributed by atoms with Gasteiger partial charge in [0, 0.05) is 102 Å². The molecule has 5 aliphatic heterocycles. The molecule has 12 nitrogen and oxygen atoms in total. The maximum atomic E-state index is 15.3. The van der Waals surface area contributed by atoms with Crippen molar-refractivity contribution < 1.29 is 23.6 Å².